The minimum absolute atomic E-state index is 0.230. The monoisotopic (exact) mass is 380 g/mol. The molecule has 2 aliphatic rings. The Balaban J connectivity index is 1.73. The molecular weight excluding hydrogens is 360 g/mol. The maximum atomic E-state index is 12.7. The number of hydrogen-bond acceptors (Lipinski definition) is 4. The third-order valence-corrected chi connectivity index (χ3v) is 5.99. The molecule has 5 nitrogen and oxygen atoms in total. The van der Waals surface area contributed by atoms with Crippen molar-refractivity contribution in [2.45, 2.75) is 11.3 Å². The van der Waals surface area contributed by atoms with Gasteiger partial charge in [-0.15, -0.1) is 0 Å². The highest BCUT2D eigenvalue weighted by atomic mass is 32.2. The summed E-state index contributed by atoms with van der Waals surface area (Å²) in [5, 5.41) is 0. The predicted octanol–water partition coefficient (Wildman–Crippen LogP) is 1.73. The highest BCUT2D eigenvalue weighted by Crippen LogP contribution is 2.18. The van der Waals surface area contributed by atoms with Gasteiger partial charge in [0.1, 0.15) is 10.8 Å². The molecule has 0 saturated carbocycles. The average molecular weight is 380 g/mol. The zero-order chi connectivity index (χ0) is 19.0. The molecule has 0 atom stereocenters. The fourth-order valence-corrected chi connectivity index (χ4v) is 4.23. The molecule has 1 aromatic heterocycles. The number of allylic oxidation sites excluding steroid dienone is 4. The molecule has 2 aromatic rings. The summed E-state index contributed by atoms with van der Waals surface area (Å²) in [6.45, 7) is 0. The molecule has 138 valence electrons. The fraction of sp³-hybridized carbons (Fsp3) is 0.143. The molecule has 0 fully saturated rings. The average Bonchev–Trinajstić information content (AvgIpc) is 2.86. The van der Waals surface area contributed by atoms with Crippen molar-refractivity contribution in [3.05, 3.63) is 81.9 Å². The Morgan fingerprint density at radius 3 is 2.56 bits per heavy atom. The molecule has 0 saturated heterocycles. The van der Waals surface area contributed by atoms with Crippen molar-refractivity contribution in [2.24, 2.45) is 0 Å². The summed E-state index contributed by atoms with van der Waals surface area (Å²) >= 11 is 0. The molecule has 27 heavy (non-hydrogen) atoms. The standard InChI is InChI=1S/C21H20N2O3S/c1-23(2)16-11-12-21-19(14-16)18-13-15(7-6-10-20(18)26-21)22-27(24,25)17-8-4-3-5-9-17/h3-13,22H,14H2,1-2H3. The molecule has 0 aliphatic heterocycles. The van der Waals surface area contributed by atoms with Crippen LogP contribution < -0.4 is 15.6 Å². The largest absolute Gasteiger partial charge is 0.456 e. The first-order valence-corrected chi connectivity index (χ1v) is 10.1. The molecule has 1 aromatic carbocycles. The first-order chi connectivity index (χ1) is 12.9. The van der Waals surface area contributed by atoms with E-state index in [1.54, 1.807) is 42.5 Å². The Morgan fingerprint density at radius 2 is 1.81 bits per heavy atom. The summed E-state index contributed by atoms with van der Waals surface area (Å²) in [7, 11) is 0.364. The van der Waals surface area contributed by atoms with Crippen LogP contribution in [0.25, 0.3) is 18.2 Å². The van der Waals surface area contributed by atoms with Crippen LogP contribution in [0.1, 0.15) is 11.1 Å². The molecule has 0 bridgehead atoms. The lowest BCUT2D eigenvalue weighted by atomic mass is 10.0. The normalized spacial score (nSPS) is 15.3. The maximum absolute atomic E-state index is 12.7. The van der Waals surface area contributed by atoms with Gasteiger partial charge in [-0.2, -0.15) is 0 Å². The van der Waals surface area contributed by atoms with Crippen LogP contribution >= 0.6 is 0 Å². The second-order valence-corrected chi connectivity index (χ2v) is 8.35. The van der Waals surface area contributed by atoms with Gasteiger partial charge >= 0.3 is 0 Å². The van der Waals surface area contributed by atoms with E-state index in [1.807, 2.05) is 38.4 Å². The molecule has 1 N–H and O–H groups in total. The van der Waals surface area contributed by atoms with Crippen LogP contribution in [0.3, 0.4) is 0 Å². The molecule has 0 spiro atoms. The lowest BCUT2D eigenvalue weighted by Gasteiger charge is -2.18. The minimum atomic E-state index is -3.65. The van der Waals surface area contributed by atoms with Crippen molar-refractivity contribution >= 4 is 28.3 Å². The van der Waals surface area contributed by atoms with E-state index in [2.05, 4.69) is 9.62 Å². The van der Waals surface area contributed by atoms with E-state index in [9.17, 15) is 8.42 Å². The van der Waals surface area contributed by atoms with Crippen molar-refractivity contribution in [1.82, 2.24) is 9.62 Å². The van der Waals surface area contributed by atoms with Gasteiger partial charge in [0.05, 0.1) is 4.90 Å². The van der Waals surface area contributed by atoms with Gasteiger partial charge in [-0.3, -0.25) is 4.72 Å². The zero-order valence-corrected chi connectivity index (χ0v) is 16.0. The van der Waals surface area contributed by atoms with Crippen LogP contribution in [0.5, 0.6) is 0 Å². The highest BCUT2D eigenvalue weighted by Gasteiger charge is 2.19. The molecule has 1 heterocycles. The van der Waals surface area contributed by atoms with Gasteiger partial charge < -0.3 is 9.32 Å². The number of benzene rings is 1. The van der Waals surface area contributed by atoms with Crippen LogP contribution in [0.15, 0.2) is 69.3 Å². The Labute approximate surface area is 158 Å². The van der Waals surface area contributed by atoms with E-state index >= 15 is 0 Å². The summed E-state index contributed by atoms with van der Waals surface area (Å²) in [6.07, 6.45) is 12.0. The van der Waals surface area contributed by atoms with Gasteiger partial charge in [-0.1, -0.05) is 24.3 Å². The molecule has 0 unspecified atom stereocenters. The highest BCUT2D eigenvalue weighted by molar-refractivity contribution is 7.89. The summed E-state index contributed by atoms with van der Waals surface area (Å²) in [5.41, 5.74) is 5.19. The Kier molecular flexibility index (Phi) is 4.28. The second-order valence-electron chi connectivity index (χ2n) is 6.66. The van der Waals surface area contributed by atoms with Gasteiger partial charge in [0.15, 0.2) is 0 Å². The quantitative estimate of drug-likeness (QED) is 0.878. The second kappa shape index (κ2) is 6.63. The van der Waals surface area contributed by atoms with Gasteiger partial charge in [0, 0.05) is 43.0 Å². The van der Waals surface area contributed by atoms with Gasteiger partial charge in [-0.05, 0) is 42.5 Å². The Morgan fingerprint density at radius 1 is 1.04 bits per heavy atom. The topological polar surface area (TPSA) is 62.6 Å². The molecule has 6 heteroatoms. The van der Waals surface area contributed by atoms with E-state index in [0.717, 1.165) is 28.4 Å². The zero-order valence-electron chi connectivity index (χ0n) is 15.1. The lowest BCUT2D eigenvalue weighted by molar-refractivity contribution is 0.480. The number of furan rings is 1. The van der Waals surface area contributed by atoms with Crippen LogP contribution in [-0.4, -0.2) is 27.4 Å². The number of nitrogens with one attached hydrogen (secondary N) is 1. The predicted molar refractivity (Wildman–Crippen MR) is 106 cm³/mol. The lowest BCUT2D eigenvalue weighted by Crippen LogP contribution is -2.22. The van der Waals surface area contributed by atoms with Gasteiger partial charge in [-0.25, -0.2) is 8.42 Å². The maximum Gasteiger partial charge on any atom is 0.261 e. The molecule has 4 rings (SSSR count). The van der Waals surface area contributed by atoms with Gasteiger partial charge in [0.2, 0.25) is 0 Å². The van der Waals surface area contributed by atoms with Crippen molar-refractivity contribution in [3.63, 3.8) is 0 Å². The van der Waals surface area contributed by atoms with Crippen molar-refractivity contribution in [1.29, 1.82) is 0 Å². The van der Waals surface area contributed by atoms with Crippen molar-refractivity contribution < 1.29 is 12.8 Å². The number of sulfonamides is 1. The molecule has 0 radical (unpaired) electrons. The van der Waals surface area contributed by atoms with Crippen LogP contribution in [0, 0.1) is 0 Å². The van der Waals surface area contributed by atoms with Crippen LogP contribution in [0.4, 0.5) is 0 Å². The first-order valence-electron chi connectivity index (χ1n) is 8.62. The van der Waals surface area contributed by atoms with E-state index in [1.165, 1.54) is 5.70 Å². The number of nitrogens with zero attached hydrogens (tertiary/aromatic N) is 1. The van der Waals surface area contributed by atoms with Crippen molar-refractivity contribution in [3.8, 4) is 0 Å². The summed E-state index contributed by atoms with van der Waals surface area (Å²) < 4.78 is 33.9. The van der Waals surface area contributed by atoms with Crippen LogP contribution in [-0.2, 0) is 16.4 Å². The van der Waals surface area contributed by atoms with Crippen LogP contribution in [0.2, 0.25) is 0 Å². The SMILES string of the molecule is CN(C)C1=CC=c2oc3c(c2C1)C=C(NS(=O)(=O)c1ccccc1)C=CC=3. The Bertz CT molecular complexity index is 1200. The van der Waals surface area contributed by atoms with E-state index in [4.69, 9.17) is 4.42 Å². The summed E-state index contributed by atoms with van der Waals surface area (Å²) in [4.78, 5) is 2.30. The van der Waals surface area contributed by atoms with E-state index in [0.29, 0.717) is 5.70 Å². The third-order valence-electron chi connectivity index (χ3n) is 4.60. The minimum Gasteiger partial charge on any atom is -0.456 e. The summed E-state index contributed by atoms with van der Waals surface area (Å²) in [5.74, 6) is 0. The number of hydrogen-bond donors (Lipinski definition) is 1. The third kappa shape index (κ3) is 3.36. The summed E-state index contributed by atoms with van der Waals surface area (Å²) in [6, 6.07) is 8.34. The molecule has 0 amide bonds. The molecular formula is C21H20N2O3S. The molecule has 2 aliphatic carbocycles. The number of likely N-dealkylation sites (N-methyl/N-ethyl adjacent to an activating group) is 1. The van der Waals surface area contributed by atoms with Crippen molar-refractivity contribution in [2.75, 3.05) is 14.1 Å². The fourth-order valence-electron chi connectivity index (χ4n) is 3.15. The van der Waals surface area contributed by atoms with E-state index < -0.39 is 10.0 Å². The first kappa shape index (κ1) is 17.4. The Hall–Kier alpha value is -2.99. The number of rotatable bonds is 4. The number of fused-ring (bicyclic) bond motifs is 3. The smallest absolute Gasteiger partial charge is 0.261 e. The van der Waals surface area contributed by atoms with Gasteiger partial charge in [0.25, 0.3) is 10.0 Å². The van der Waals surface area contributed by atoms with E-state index in [-0.39, 0.29) is 4.90 Å².